The lowest BCUT2D eigenvalue weighted by molar-refractivity contribution is 0.508. The molecule has 3 heteroatoms. The third-order valence-electron chi connectivity index (χ3n) is 3.16. The molecule has 2 rings (SSSR count). The van der Waals surface area contributed by atoms with Gasteiger partial charge in [0.05, 0.1) is 11.9 Å². The lowest BCUT2D eigenvalue weighted by Crippen LogP contribution is -2.24. The third-order valence-corrected chi connectivity index (χ3v) is 3.16. The quantitative estimate of drug-likeness (QED) is 0.857. The van der Waals surface area contributed by atoms with Crippen molar-refractivity contribution in [1.29, 1.82) is 0 Å². The number of rotatable bonds is 6. The molecule has 0 spiro atoms. The lowest BCUT2D eigenvalue weighted by Gasteiger charge is -2.16. The maximum atomic E-state index is 12.8. The molecule has 0 radical (unpaired) electrons. The molecule has 100 valence electrons. The summed E-state index contributed by atoms with van der Waals surface area (Å²) in [6, 6.07) is 13.8. The van der Waals surface area contributed by atoms with E-state index in [4.69, 9.17) is 0 Å². The van der Waals surface area contributed by atoms with Crippen LogP contribution in [0.15, 0.2) is 48.7 Å². The van der Waals surface area contributed by atoms with Gasteiger partial charge in [0.1, 0.15) is 5.82 Å². The molecule has 0 aliphatic carbocycles. The number of hydrogen-bond acceptors (Lipinski definition) is 2. The van der Waals surface area contributed by atoms with Crippen LogP contribution in [0.25, 0.3) is 0 Å². The maximum Gasteiger partial charge on any atom is 0.141 e. The maximum absolute atomic E-state index is 12.8. The molecule has 1 N–H and O–H groups in total. The zero-order valence-corrected chi connectivity index (χ0v) is 11.1. The summed E-state index contributed by atoms with van der Waals surface area (Å²) in [4.78, 5) is 4.14. The topological polar surface area (TPSA) is 24.9 Å². The van der Waals surface area contributed by atoms with Gasteiger partial charge in [-0.05, 0) is 37.1 Å². The first-order valence-corrected chi connectivity index (χ1v) is 6.68. The first-order valence-electron chi connectivity index (χ1n) is 6.68. The van der Waals surface area contributed by atoms with Gasteiger partial charge in [-0.3, -0.25) is 4.98 Å². The Morgan fingerprint density at radius 3 is 2.58 bits per heavy atom. The van der Waals surface area contributed by atoms with E-state index in [0.717, 1.165) is 25.1 Å². The van der Waals surface area contributed by atoms with Crippen molar-refractivity contribution in [2.45, 2.75) is 25.8 Å². The molecule has 1 heterocycles. The lowest BCUT2D eigenvalue weighted by atomic mass is 10.1. The van der Waals surface area contributed by atoms with Gasteiger partial charge in [0.2, 0.25) is 0 Å². The van der Waals surface area contributed by atoms with E-state index in [2.05, 4.69) is 29.4 Å². The Kier molecular flexibility index (Phi) is 5.04. The fraction of sp³-hybridized carbons (Fsp3) is 0.312. The summed E-state index contributed by atoms with van der Waals surface area (Å²) >= 11 is 0. The Bertz CT molecular complexity index is 482. The van der Waals surface area contributed by atoms with Gasteiger partial charge in [-0.25, -0.2) is 4.39 Å². The van der Waals surface area contributed by atoms with Gasteiger partial charge < -0.3 is 5.32 Å². The highest BCUT2D eigenvalue weighted by Crippen LogP contribution is 2.14. The molecule has 19 heavy (non-hydrogen) atoms. The molecule has 0 amide bonds. The van der Waals surface area contributed by atoms with Crippen molar-refractivity contribution >= 4 is 0 Å². The standard InChI is InChI=1S/C16H19FN2/c1-2-15(16-9-8-14(17)12-19-16)18-11-10-13-6-4-3-5-7-13/h3-9,12,15,18H,2,10-11H2,1H3. The van der Waals surface area contributed by atoms with Crippen LogP contribution in [0.3, 0.4) is 0 Å². The molecule has 2 nitrogen and oxygen atoms in total. The van der Waals surface area contributed by atoms with Crippen LogP contribution in [-0.4, -0.2) is 11.5 Å². The molecule has 0 aliphatic heterocycles. The molecule has 1 atom stereocenters. The molecule has 0 saturated carbocycles. The van der Waals surface area contributed by atoms with Crippen molar-refractivity contribution in [2.75, 3.05) is 6.54 Å². The average molecular weight is 258 g/mol. The van der Waals surface area contributed by atoms with Gasteiger partial charge in [0.15, 0.2) is 0 Å². The largest absolute Gasteiger partial charge is 0.308 e. The summed E-state index contributed by atoms with van der Waals surface area (Å²) in [5.41, 5.74) is 2.22. The summed E-state index contributed by atoms with van der Waals surface area (Å²) < 4.78 is 12.8. The van der Waals surface area contributed by atoms with E-state index in [1.807, 2.05) is 18.2 Å². The number of aromatic nitrogens is 1. The third kappa shape index (κ3) is 4.14. The van der Waals surface area contributed by atoms with Gasteiger partial charge in [-0.2, -0.15) is 0 Å². The first kappa shape index (κ1) is 13.7. The molecule has 1 aromatic carbocycles. The first-order chi connectivity index (χ1) is 9.29. The van der Waals surface area contributed by atoms with Gasteiger partial charge in [-0.1, -0.05) is 37.3 Å². The van der Waals surface area contributed by atoms with Crippen LogP contribution in [0.1, 0.15) is 30.6 Å². The molecular weight excluding hydrogens is 239 g/mol. The van der Waals surface area contributed by atoms with E-state index in [0.29, 0.717) is 0 Å². The molecule has 0 saturated heterocycles. The SMILES string of the molecule is CCC(NCCc1ccccc1)c1ccc(F)cn1. The van der Waals surface area contributed by atoms with Gasteiger partial charge in [0.25, 0.3) is 0 Å². The summed E-state index contributed by atoms with van der Waals surface area (Å²) in [6.07, 6.45) is 3.20. The molecule has 1 unspecified atom stereocenters. The van der Waals surface area contributed by atoms with Crippen molar-refractivity contribution in [1.82, 2.24) is 10.3 Å². The van der Waals surface area contributed by atoms with E-state index >= 15 is 0 Å². The summed E-state index contributed by atoms with van der Waals surface area (Å²) in [6.45, 7) is 2.99. The van der Waals surface area contributed by atoms with Crippen LogP contribution >= 0.6 is 0 Å². The second kappa shape index (κ2) is 7.00. The van der Waals surface area contributed by atoms with Crippen molar-refractivity contribution in [3.63, 3.8) is 0 Å². The van der Waals surface area contributed by atoms with Crippen LogP contribution in [0.5, 0.6) is 0 Å². The molecule has 2 aromatic rings. The minimum absolute atomic E-state index is 0.185. The molecule has 0 bridgehead atoms. The van der Waals surface area contributed by atoms with Crippen molar-refractivity contribution in [3.05, 3.63) is 65.7 Å². The highest BCUT2D eigenvalue weighted by molar-refractivity contribution is 5.15. The molecule has 0 fully saturated rings. The number of halogens is 1. The Labute approximate surface area is 113 Å². The fourth-order valence-electron chi connectivity index (χ4n) is 2.09. The smallest absolute Gasteiger partial charge is 0.141 e. The highest BCUT2D eigenvalue weighted by Gasteiger charge is 2.09. The predicted molar refractivity (Wildman–Crippen MR) is 75.4 cm³/mol. The second-order valence-electron chi connectivity index (χ2n) is 4.55. The number of hydrogen-bond donors (Lipinski definition) is 1. The number of nitrogens with one attached hydrogen (secondary N) is 1. The van der Waals surface area contributed by atoms with Gasteiger partial charge in [0, 0.05) is 6.04 Å². The average Bonchev–Trinajstić information content (AvgIpc) is 2.46. The van der Waals surface area contributed by atoms with E-state index in [1.165, 1.54) is 17.8 Å². The van der Waals surface area contributed by atoms with Crippen molar-refractivity contribution in [3.8, 4) is 0 Å². The highest BCUT2D eigenvalue weighted by atomic mass is 19.1. The van der Waals surface area contributed by atoms with E-state index in [9.17, 15) is 4.39 Å². The van der Waals surface area contributed by atoms with Crippen molar-refractivity contribution in [2.24, 2.45) is 0 Å². The molecular formula is C16H19FN2. The van der Waals surface area contributed by atoms with E-state index in [-0.39, 0.29) is 11.9 Å². The second-order valence-corrected chi connectivity index (χ2v) is 4.55. The monoisotopic (exact) mass is 258 g/mol. The summed E-state index contributed by atoms with van der Waals surface area (Å²) in [5.74, 6) is -0.289. The van der Waals surface area contributed by atoms with Gasteiger partial charge >= 0.3 is 0 Å². The predicted octanol–water partition coefficient (Wildman–Crippen LogP) is 3.50. The zero-order chi connectivity index (χ0) is 13.5. The molecule has 1 aromatic heterocycles. The summed E-state index contributed by atoms with van der Waals surface area (Å²) in [5, 5.41) is 3.47. The van der Waals surface area contributed by atoms with Gasteiger partial charge in [-0.15, -0.1) is 0 Å². The minimum atomic E-state index is -0.289. The van der Waals surface area contributed by atoms with Crippen LogP contribution in [-0.2, 0) is 6.42 Å². The molecule has 0 aliphatic rings. The number of pyridine rings is 1. The van der Waals surface area contributed by atoms with Crippen LogP contribution in [0.2, 0.25) is 0 Å². The Hall–Kier alpha value is -1.74. The number of benzene rings is 1. The zero-order valence-electron chi connectivity index (χ0n) is 11.1. The minimum Gasteiger partial charge on any atom is -0.308 e. The van der Waals surface area contributed by atoms with Crippen LogP contribution < -0.4 is 5.32 Å². The Morgan fingerprint density at radius 1 is 1.16 bits per heavy atom. The van der Waals surface area contributed by atoms with E-state index in [1.54, 1.807) is 6.07 Å². The number of nitrogens with zero attached hydrogens (tertiary/aromatic N) is 1. The Morgan fingerprint density at radius 2 is 1.95 bits per heavy atom. The van der Waals surface area contributed by atoms with E-state index < -0.39 is 0 Å². The fourth-order valence-corrected chi connectivity index (χ4v) is 2.09. The van der Waals surface area contributed by atoms with Crippen LogP contribution in [0.4, 0.5) is 4.39 Å². The normalized spacial score (nSPS) is 12.3. The summed E-state index contributed by atoms with van der Waals surface area (Å²) in [7, 11) is 0. The van der Waals surface area contributed by atoms with Crippen LogP contribution in [0, 0.1) is 5.82 Å². The van der Waals surface area contributed by atoms with Crippen molar-refractivity contribution < 1.29 is 4.39 Å². The Balaban J connectivity index is 1.87.